The molecule has 1 aliphatic heterocycles. The zero-order valence-electron chi connectivity index (χ0n) is 13.6. The van der Waals surface area contributed by atoms with Gasteiger partial charge < -0.3 is 10.0 Å². The Morgan fingerprint density at radius 1 is 1.00 bits per heavy atom. The van der Waals surface area contributed by atoms with E-state index in [-0.39, 0.29) is 18.8 Å². The maximum atomic E-state index is 13.0. The summed E-state index contributed by atoms with van der Waals surface area (Å²) in [5, 5.41) is 9.78. The Hall–Kier alpha value is -2.63. The molecule has 0 spiro atoms. The zero-order chi connectivity index (χ0) is 18.0. The SMILES string of the molecule is CN(CCO)C1=C(c2ccc(Cl)cc2)C(=O)N(c2ccccc2)C1=O. The number of nitrogens with zero attached hydrogens (tertiary/aromatic N) is 2. The van der Waals surface area contributed by atoms with Gasteiger partial charge in [0.15, 0.2) is 0 Å². The highest BCUT2D eigenvalue weighted by atomic mass is 35.5. The molecular formula is C19H17ClN2O3. The van der Waals surface area contributed by atoms with Gasteiger partial charge in [-0.05, 0) is 29.8 Å². The number of benzene rings is 2. The van der Waals surface area contributed by atoms with Crippen molar-refractivity contribution in [2.24, 2.45) is 0 Å². The monoisotopic (exact) mass is 356 g/mol. The number of aliphatic hydroxyl groups is 1. The van der Waals surface area contributed by atoms with E-state index < -0.39 is 11.8 Å². The van der Waals surface area contributed by atoms with Crippen molar-refractivity contribution in [1.82, 2.24) is 4.90 Å². The van der Waals surface area contributed by atoms with Crippen molar-refractivity contribution in [2.75, 3.05) is 25.1 Å². The number of aliphatic hydroxyl groups excluding tert-OH is 1. The van der Waals surface area contributed by atoms with E-state index in [0.717, 1.165) is 4.90 Å². The Morgan fingerprint density at radius 2 is 1.64 bits per heavy atom. The summed E-state index contributed by atoms with van der Waals surface area (Å²) in [6, 6.07) is 15.6. The van der Waals surface area contributed by atoms with Crippen molar-refractivity contribution in [3.63, 3.8) is 0 Å². The Labute approximate surface area is 150 Å². The van der Waals surface area contributed by atoms with E-state index in [1.807, 2.05) is 6.07 Å². The van der Waals surface area contributed by atoms with Crippen LogP contribution < -0.4 is 4.90 Å². The third-order valence-corrected chi connectivity index (χ3v) is 4.28. The van der Waals surface area contributed by atoms with Crippen LogP contribution in [-0.4, -0.2) is 42.0 Å². The van der Waals surface area contributed by atoms with Crippen molar-refractivity contribution in [3.8, 4) is 0 Å². The number of halogens is 1. The summed E-state index contributed by atoms with van der Waals surface area (Å²) in [4.78, 5) is 28.8. The van der Waals surface area contributed by atoms with Crippen LogP contribution in [0.3, 0.4) is 0 Å². The summed E-state index contributed by atoms with van der Waals surface area (Å²) >= 11 is 5.93. The highest BCUT2D eigenvalue weighted by molar-refractivity contribution is 6.45. The van der Waals surface area contributed by atoms with Crippen LogP contribution in [-0.2, 0) is 9.59 Å². The van der Waals surface area contributed by atoms with E-state index in [4.69, 9.17) is 11.6 Å². The van der Waals surface area contributed by atoms with E-state index in [2.05, 4.69) is 0 Å². The lowest BCUT2D eigenvalue weighted by molar-refractivity contribution is -0.120. The predicted octanol–water partition coefficient (Wildman–Crippen LogP) is 2.55. The van der Waals surface area contributed by atoms with Gasteiger partial charge in [0.25, 0.3) is 11.8 Å². The number of hydrogen-bond donors (Lipinski definition) is 1. The normalized spacial score (nSPS) is 14.4. The highest BCUT2D eigenvalue weighted by Crippen LogP contribution is 2.34. The molecule has 0 aromatic heterocycles. The van der Waals surface area contributed by atoms with Gasteiger partial charge in [0, 0.05) is 18.6 Å². The highest BCUT2D eigenvalue weighted by Gasteiger charge is 2.41. The molecular weight excluding hydrogens is 340 g/mol. The fourth-order valence-electron chi connectivity index (χ4n) is 2.82. The van der Waals surface area contributed by atoms with Crippen molar-refractivity contribution in [2.45, 2.75) is 0 Å². The van der Waals surface area contributed by atoms with Crippen LogP contribution in [0.4, 0.5) is 5.69 Å². The molecule has 0 bridgehead atoms. The average molecular weight is 357 g/mol. The van der Waals surface area contributed by atoms with Gasteiger partial charge in [-0.1, -0.05) is 41.9 Å². The summed E-state index contributed by atoms with van der Waals surface area (Å²) in [7, 11) is 1.68. The molecule has 3 rings (SSSR count). The molecule has 1 heterocycles. The van der Waals surface area contributed by atoms with Crippen LogP contribution in [0, 0.1) is 0 Å². The number of amides is 2. The lowest BCUT2D eigenvalue weighted by Crippen LogP contribution is -2.34. The van der Waals surface area contributed by atoms with Gasteiger partial charge in [-0.15, -0.1) is 0 Å². The number of likely N-dealkylation sites (N-methyl/N-ethyl adjacent to an activating group) is 1. The van der Waals surface area contributed by atoms with Gasteiger partial charge in [-0.2, -0.15) is 0 Å². The molecule has 0 saturated heterocycles. The molecule has 0 fully saturated rings. The van der Waals surface area contributed by atoms with Crippen molar-refractivity contribution in [3.05, 3.63) is 70.9 Å². The lowest BCUT2D eigenvalue weighted by atomic mass is 10.0. The minimum absolute atomic E-state index is 0.124. The summed E-state index contributed by atoms with van der Waals surface area (Å²) in [5.74, 6) is -0.796. The van der Waals surface area contributed by atoms with Gasteiger partial charge in [0.1, 0.15) is 5.70 Å². The Balaban J connectivity index is 2.12. The minimum Gasteiger partial charge on any atom is -0.395 e. The number of anilines is 1. The number of para-hydroxylation sites is 1. The van der Waals surface area contributed by atoms with Gasteiger partial charge in [0.05, 0.1) is 17.9 Å². The molecule has 0 atom stereocenters. The summed E-state index contributed by atoms with van der Waals surface area (Å²) in [6.07, 6.45) is 0. The second-order valence-electron chi connectivity index (χ2n) is 5.66. The first-order valence-corrected chi connectivity index (χ1v) is 8.18. The first-order chi connectivity index (χ1) is 12.0. The van der Waals surface area contributed by atoms with Gasteiger partial charge in [0.2, 0.25) is 0 Å². The fraction of sp³-hybridized carbons (Fsp3) is 0.158. The Kier molecular flexibility index (Phi) is 4.88. The molecule has 128 valence electrons. The minimum atomic E-state index is -0.405. The molecule has 2 amide bonds. The van der Waals surface area contributed by atoms with Gasteiger partial charge in [-0.25, -0.2) is 4.90 Å². The molecule has 0 unspecified atom stereocenters. The first kappa shape index (κ1) is 17.2. The van der Waals surface area contributed by atoms with Crippen molar-refractivity contribution in [1.29, 1.82) is 0 Å². The van der Waals surface area contributed by atoms with Crippen LogP contribution in [0.5, 0.6) is 0 Å². The van der Waals surface area contributed by atoms with Crippen LogP contribution in [0.1, 0.15) is 5.56 Å². The zero-order valence-corrected chi connectivity index (χ0v) is 14.4. The summed E-state index contributed by atoms with van der Waals surface area (Å²) < 4.78 is 0. The molecule has 2 aromatic rings. The van der Waals surface area contributed by atoms with E-state index in [1.165, 1.54) is 0 Å². The number of rotatable bonds is 5. The predicted molar refractivity (Wildman–Crippen MR) is 97.0 cm³/mol. The number of carbonyl (C=O) groups is 2. The first-order valence-electron chi connectivity index (χ1n) is 7.80. The van der Waals surface area contributed by atoms with Crippen LogP contribution in [0.15, 0.2) is 60.3 Å². The lowest BCUT2D eigenvalue weighted by Gasteiger charge is -2.20. The molecule has 1 aliphatic rings. The molecule has 0 aliphatic carbocycles. The van der Waals surface area contributed by atoms with Gasteiger partial charge in [-0.3, -0.25) is 9.59 Å². The molecule has 5 nitrogen and oxygen atoms in total. The molecule has 1 N–H and O–H groups in total. The molecule has 0 radical (unpaired) electrons. The van der Waals surface area contributed by atoms with E-state index >= 15 is 0 Å². The largest absolute Gasteiger partial charge is 0.395 e. The quantitative estimate of drug-likeness (QED) is 0.836. The Morgan fingerprint density at radius 3 is 2.24 bits per heavy atom. The number of carbonyl (C=O) groups excluding carboxylic acids is 2. The van der Waals surface area contributed by atoms with Gasteiger partial charge >= 0.3 is 0 Å². The van der Waals surface area contributed by atoms with Crippen molar-refractivity contribution >= 4 is 34.7 Å². The Bertz CT molecular complexity index is 832. The maximum Gasteiger partial charge on any atom is 0.282 e. The van der Waals surface area contributed by atoms with Crippen LogP contribution in [0.25, 0.3) is 5.57 Å². The van der Waals surface area contributed by atoms with E-state index in [1.54, 1.807) is 60.5 Å². The second kappa shape index (κ2) is 7.09. The average Bonchev–Trinajstić information content (AvgIpc) is 2.87. The summed E-state index contributed by atoms with van der Waals surface area (Å²) in [5.41, 5.74) is 1.70. The molecule has 6 heteroatoms. The van der Waals surface area contributed by atoms with E-state index in [0.29, 0.717) is 21.8 Å². The van der Waals surface area contributed by atoms with Crippen LogP contribution in [0.2, 0.25) is 5.02 Å². The topological polar surface area (TPSA) is 60.9 Å². The second-order valence-corrected chi connectivity index (χ2v) is 6.09. The molecule has 25 heavy (non-hydrogen) atoms. The molecule has 2 aromatic carbocycles. The summed E-state index contributed by atoms with van der Waals surface area (Å²) in [6.45, 7) is 0.120. The standard InChI is InChI=1S/C19H17ClN2O3/c1-21(11-12-23)17-16(13-7-9-14(20)10-8-13)18(24)22(19(17)25)15-5-3-2-4-6-15/h2-10,23H,11-12H2,1H3. The third kappa shape index (κ3) is 3.16. The smallest absolute Gasteiger partial charge is 0.282 e. The third-order valence-electron chi connectivity index (χ3n) is 4.02. The van der Waals surface area contributed by atoms with Crippen molar-refractivity contribution < 1.29 is 14.7 Å². The van der Waals surface area contributed by atoms with E-state index in [9.17, 15) is 14.7 Å². The number of hydrogen-bond acceptors (Lipinski definition) is 4. The molecule has 0 saturated carbocycles. The fourth-order valence-corrected chi connectivity index (χ4v) is 2.95. The van der Waals surface area contributed by atoms with Crippen LogP contribution >= 0.6 is 11.6 Å². The maximum absolute atomic E-state index is 13.0. The number of imide groups is 1.